The van der Waals surface area contributed by atoms with Crippen LogP contribution in [0.4, 0.5) is 0 Å². The lowest BCUT2D eigenvalue weighted by Crippen LogP contribution is -2.71. The van der Waals surface area contributed by atoms with Crippen molar-refractivity contribution in [3.63, 3.8) is 0 Å². The van der Waals surface area contributed by atoms with Crippen LogP contribution in [0.1, 0.15) is 19.8 Å². The van der Waals surface area contributed by atoms with Gasteiger partial charge in [-0.05, 0) is 6.92 Å². The number of esters is 2. The summed E-state index contributed by atoms with van der Waals surface area (Å²) in [6.45, 7) is 1.95. The summed E-state index contributed by atoms with van der Waals surface area (Å²) in [6.07, 6.45) is 0.494. The minimum atomic E-state index is -1.20. The van der Waals surface area contributed by atoms with Gasteiger partial charge >= 0.3 is 11.9 Å². The van der Waals surface area contributed by atoms with Crippen LogP contribution in [0.3, 0.4) is 0 Å². The van der Waals surface area contributed by atoms with Crippen molar-refractivity contribution < 1.29 is 28.5 Å². The number of halogens is 1. The number of hydrogen-bond acceptors (Lipinski definition) is 6. The second-order valence-corrected chi connectivity index (χ2v) is 5.53. The average Bonchev–Trinajstić information content (AvgIpc) is 2.41. The van der Waals surface area contributed by atoms with E-state index in [4.69, 9.17) is 14.2 Å². The largest absolute Gasteiger partial charge is 0.469 e. The van der Waals surface area contributed by atoms with Crippen molar-refractivity contribution in [3.8, 4) is 0 Å². The Morgan fingerprint density at radius 3 is 2.26 bits per heavy atom. The minimum absolute atomic E-state index is 0.0923. The maximum atomic E-state index is 12.2. The monoisotopic (exact) mass is 338 g/mol. The molecule has 1 fully saturated rings. The number of methoxy groups -OCH3 is 3. The second kappa shape index (κ2) is 6.19. The van der Waals surface area contributed by atoms with Crippen LogP contribution in [-0.2, 0) is 28.5 Å². The van der Waals surface area contributed by atoms with Crippen LogP contribution < -0.4 is 0 Å². The Kier molecular flexibility index (Phi) is 5.34. The highest BCUT2D eigenvalue weighted by Crippen LogP contribution is 2.58. The predicted molar refractivity (Wildman–Crippen MR) is 69.8 cm³/mol. The van der Waals surface area contributed by atoms with Crippen LogP contribution in [0.25, 0.3) is 0 Å². The van der Waals surface area contributed by atoms with E-state index in [2.05, 4.69) is 20.7 Å². The van der Waals surface area contributed by atoms with Gasteiger partial charge in [0.05, 0.1) is 20.1 Å². The third-order valence-electron chi connectivity index (χ3n) is 3.50. The predicted octanol–water partition coefficient (Wildman–Crippen LogP) is 1.26. The zero-order valence-electron chi connectivity index (χ0n) is 11.5. The Morgan fingerprint density at radius 1 is 1.26 bits per heavy atom. The summed E-state index contributed by atoms with van der Waals surface area (Å²) >= 11 is 3.37. The van der Waals surface area contributed by atoms with E-state index in [9.17, 15) is 9.59 Å². The zero-order chi connectivity index (χ0) is 14.7. The van der Waals surface area contributed by atoms with Crippen molar-refractivity contribution in [2.24, 2.45) is 5.92 Å². The Labute approximate surface area is 120 Å². The molecule has 110 valence electrons. The van der Waals surface area contributed by atoms with Crippen molar-refractivity contribution in [1.29, 1.82) is 0 Å². The van der Waals surface area contributed by atoms with Gasteiger partial charge in [-0.1, -0.05) is 15.9 Å². The highest BCUT2D eigenvalue weighted by atomic mass is 79.9. The fourth-order valence-electron chi connectivity index (χ4n) is 2.40. The molecule has 1 saturated carbocycles. The van der Waals surface area contributed by atoms with Gasteiger partial charge in [-0.2, -0.15) is 0 Å². The average molecular weight is 339 g/mol. The molecule has 7 heteroatoms. The van der Waals surface area contributed by atoms with Gasteiger partial charge in [-0.3, -0.25) is 9.59 Å². The molecule has 0 aromatic carbocycles. The lowest BCUT2D eigenvalue weighted by Gasteiger charge is -2.56. The van der Waals surface area contributed by atoms with Crippen molar-refractivity contribution in [2.75, 3.05) is 27.9 Å². The Hall–Kier alpha value is -0.660. The molecule has 0 aromatic heterocycles. The molecule has 2 atom stereocenters. The first-order valence-electron chi connectivity index (χ1n) is 5.95. The molecule has 0 spiro atoms. The third kappa shape index (κ3) is 2.51. The van der Waals surface area contributed by atoms with Gasteiger partial charge in [0.15, 0.2) is 10.1 Å². The first kappa shape index (κ1) is 16.4. The van der Waals surface area contributed by atoms with E-state index in [1.165, 1.54) is 21.3 Å². The summed E-state index contributed by atoms with van der Waals surface area (Å²) in [5.41, 5.74) is 0. The van der Waals surface area contributed by atoms with Crippen molar-refractivity contribution in [1.82, 2.24) is 0 Å². The molecule has 1 aliphatic carbocycles. The maximum Gasteiger partial charge on any atom is 0.328 e. The van der Waals surface area contributed by atoms with Gasteiger partial charge in [0.1, 0.15) is 0 Å². The highest BCUT2D eigenvalue weighted by molar-refractivity contribution is 9.10. The lowest BCUT2D eigenvalue weighted by molar-refractivity contribution is -0.291. The van der Waals surface area contributed by atoms with Gasteiger partial charge in [-0.25, -0.2) is 0 Å². The summed E-state index contributed by atoms with van der Waals surface area (Å²) in [4.78, 5) is 23.6. The molecular weight excluding hydrogens is 320 g/mol. The number of rotatable bonds is 6. The topological polar surface area (TPSA) is 71.1 Å². The van der Waals surface area contributed by atoms with Gasteiger partial charge in [0, 0.05) is 26.6 Å². The number of carbonyl (C=O) groups is 2. The van der Waals surface area contributed by atoms with Crippen molar-refractivity contribution in [3.05, 3.63) is 0 Å². The SMILES string of the molecule is CCOC(=O)[C@]1(Br)[C@@H](CC(=O)OC)CC1(OC)OC. The normalized spacial score (nSPS) is 28.4. The van der Waals surface area contributed by atoms with Gasteiger partial charge in [-0.15, -0.1) is 0 Å². The first-order valence-corrected chi connectivity index (χ1v) is 6.74. The number of ether oxygens (including phenoxy) is 4. The fraction of sp³-hybridized carbons (Fsp3) is 0.833. The van der Waals surface area contributed by atoms with Crippen LogP contribution in [0.5, 0.6) is 0 Å². The maximum absolute atomic E-state index is 12.2. The second-order valence-electron chi connectivity index (χ2n) is 4.27. The van der Waals surface area contributed by atoms with Crippen LogP contribution in [-0.4, -0.2) is 50.0 Å². The van der Waals surface area contributed by atoms with Crippen LogP contribution in [0.2, 0.25) is 0 Å². The standard InChI is InChI=1S/C12H19BrO6/c1-5-19-10(15)12(13)8(6-9(14)16-2)7-11(12,17-3)18-4/h8H,5-7H2,1-4H3/t8-,12+/m0/s1. The molecule has 0 radical (unpaired) electrons. The third-order valence-corrected chi connectivity index (χ3v) is 5.08. The fourth-order valence-corrected chi connectivity index (χ4v) is 3.32. The first-order chi connectivity index (χ1) is 8.91. The molecular formula is C12H19BrO6. The van der Waals surface area contributed by atoms with E-state index in [0.29, 0.717) is 6.42 Å². The van der Waals surface area contributed by atoms with Crippen molar-refractivity contribution in [2.45, 2.75) is 29.9 Å². The summed E-state index contributed by atoms with van der Waals surface area (Å²) in [5, 5.41) is 0. The van der Waals surface area contributed by atoms with E-state index in [1.54, 1.807) is 6.92 Å². The Balaban J connectivity index is 2.98. The summed E-state index contributed by atoms with van der Waals surface area (Å²) in [7, 11) is 4.21. The molecule has 1 aliphatic rings. The number of alkyl halides is 1. The van der Waals surface area contributed by atoms with Gasteiger partial charge in [0.2, 0.25) is 0 Å². The molecule has 0 aromatic rings. The van der Waals surface area contributed by atoms with E-state index in [-0.39, 0.29) is 24.9 Å². The molecule has 1 rings (SSSR count). The van der Waals surface area contributed by atoms with E-state index in [0.717, 1.165) is 0 Å². The van der Waals surface area contributed by atoms with Crippen molar-refractivity contribution >= 4 is 27.9 Å². The molecule has 0 bridgehead atoms. The molecule has 0 amide bonds. The quantitative estimate of drug-likeness (QED) is 0.412. The van der Waals surface area contributed by atoms with E-state index < -0.39 is 16.1 Å². The van der Waals surface area contributed by atoms with Gasteiger partial charge < -0.3 is 18.9 Å². The summed E-state index contributed by atoms with van der Waals surface area (Å²) < 4.78 is 19.1. The smallest absolute Gasteiger partial charge is 0.328 e. The zero-order valence-corrected chi connectivity index (χ0v) is 13.1. The molecule has 19 heavy (non-hydrogen) atoms. The molecule has 0 unspecified atom stereocenters. The molecule has 0 heterocycles. The highest BCUT2D eigenvalue weighted by Gasteiger charge is 2.71. The lowest BCUT2D eigenvalue weighted by atomic mass is 9.65. The Morgan fingerprint density at radius 2 is 1.84 bits per heavy atom. The molecule has 6 nitrogen and oxygen atoms in total. The van der Waals surface area contributed by atoms with Crippen LogP contribution in [0, 0.1) is 5.92 Å². The molecule has 0 N–H and O–H groups in total. The Bertz CT molecular complexity index is 354. The minimum Gasteiger partial charge on any atom is -0.469 e. The van der Waals surface area contributed by atoms with E-state index >= 15 is 0 Å². The number of hydrogen-bond donors (Lipinski definition) is 0. The van der Waals surface area contributed by atoms with Crippen LogP contribution in [0.15, 0.2) is 0 Å². The molecule has 0 aliphatic heterocycles. The van der Waals surface area contributed by atoms with Crippen LogP contribution >= 0.6 is 15.9 Å². The summed E-state index contributed by atoms with van der Waals surface area (Å²) in [6, 6.07) is 0. The molecule has 0 saturated heterocycles. The summed E-state index contributed by atoms with van der Waals surface area (Å²) in [5.74, 6) is -2.32. The van der Waals surface area contributed by atoms with E-state index in [1.807, 2.05) is 0 Å². The number of carbonyl (C=O) groups excluding carboxylic acids is 2. The van der Waals surface area contributed by atoms with Gasteiger partial charge in [0.25, 0.3) is 0 Å².